The molecule has 0 aliphatic heterocycles. The fourth-order valence-electron chi connectivity index (χ4n) is 7.66. The molecule has 0 saturated heterocycles. The summed E-state index contributed by atoms with van der Waals surface area (Å²) in [5.74, 6) is 0.879. The van der Waals surface area contributed by atoms with E-state index in [0.29, 0.717) is 0 Å². The predicted molar refractivity (Wildman–Crippen MR) is 228 cm³/mol. The molecule has 0 spiro atoms. The van der Waals surface area contributed by atoms with Crippen LogP contribution in [0.1, 0.15) is 0 Å². The number of nitrogens with zero attached hydrogens (tertiary/aromatic N) is 1. The van der Waals surface area contributed by atoms with Gasteiger partial charge in [-0.3, -0.25) is 0 Å². The van der Waals surface area contributed by atoms with E-state index < -0.39 is 0 Å². The third kappa shape index (κ3) is 5.90. The van der Waals surface area contributed by atoms with Gasteiger partial charge in [-0.15, -0.1) is 0 Å². The van der Waals surface area contributed by atoms with Gasteiger partial charge in [0, 0.05) is 27.9 Å². The maximum absolute atomic E-state index is 6.20. The highest BCUT2D eigenvalue weighted by molar-refractivity contribution is 5.97. The number of furan rings is 1. The predicted octanol–water partition coefficient (Wildman–Crippen LogP) is 14.9. The summed E-state index contributed by atoms with van der Waals surface area (Å²) in [5, 5.41) is 5.91. The fraction of sp³-hybridized carbons (Fsp3) is 0. The smallest absolute Gasteiger partial charge is 0.135 e. The average molecular weight is 690 g/mol. The second kappa shape index (κ2) is 13.4. The second-order valence-electron chi connectivity index (χ2n) is 13.8. The van der Waals surface area contributed by atoms with E-state index in [2.05, 4.69) is 199 Å². The summed E-state index contributed by atoms with van der Waals surface area (Å²) >= 11 is 0. The van der Waals surface area contributed by atoms with Gasteiger partial charge >= 0.3 is 0 Å². The van der Waals surface area contributed by atoms with Gasteiger partial charge in [-0.1, -0.05) is 158 Å². The van der Waals surface area contributed by atoms with Crippen LogP contribution in [0.15, 0.2) is 217 Å². The highest BCUT2D eigenvalue weighted by Gasteiger charge is 2.18. The van der Waals surface area contributed by atoms with Gasteiger partial charge < -0.3 is 9.32 Å². The Balaban J connectivity index is 1.05. The molecule has 0 bridgehead atoms. The Morgan fingerprint density at radius 2 is 0.833 bits per heavy atom. The number of anilines is 3. The lowest BCUT2D eigenvalue weighted by Gasteiger charge is -2.28. The van der Waals surface area contributed by atoms with Crippen molar-refractivity contribution in [3.05, 3.63) is 212 Å². The van der Waals surface area contributed by atoms with Gasteiger partial charge in [0.05, 0.1) is 5.69 Å². The third-order valence-corrected chi connectivity index (χ3v) is 10.4. The molecule has 9 aromatic carbocycles. The molecule has 0 saturated carbocycles. The van der Waals surface area contributed by atoms with Crippen molar-refractivity contribution in [1.82, 2.24) is 0 Å². The first-order valence-electron chi connectivity index (χ1n) is 18.4. The molecule has 0 radical (unpaired) electrons. The molecular weight excluding hydrogens is 655 g/mol. The van der Waals surface area contributed by atoms with Crippen molar-refractivity contribution in [2.75, 3.05) is 4.90 Å². The van der Waals surface area contributed by atoms with Crippen LogP contribution in [-0.4, -0.2) is 0 Å². The topological polar surface area (TPSA) is 16.4 Å². The molecule has 0 aliphatic carbocycles. The van der Waals surface area contributed by atoms with Crippen LogP contribution in [0.25, 0.3) is 77.2 Å². The number of hydrogen-bond acceptors (Lipinski definition) is 2. The molecule has 0 N–H and O–H groups in total. The van der Waals surface area contributed by atoms with Gasteiger partial charge in [-0.05, 0) is 104 Å². The maximum Gasteiger partial charge on any atom is 0.135 e. The van der Waals surface area contributed by atoms with Crippen molar-refractivity contribution in [2.24, 2.45) is 0 Å². The molecular formula is C52H35NO. The van der Waals surface area contributed by atoms with Crippen molar-refractivity contribution in [1.29, 1.82) is 0 Å². The highest BCUT2D eigenvalue weighted by atomic mass is 16.3. The normalized spacial score (nSPS) is 11.3. The number of benzene rings is 9. The van der Waals surface area contributed by atoms with E-state index in [-0.39, 0.29) is 0 Å². The Kier molecular flexibility index (Phi) is 7.85. The van der Waals surface area contributed by atoms with Crippen molar-refractivity contribution >= 4 is 49.6 Å². The van der Waals surface area contributed by atoms with Gasteiger partial charge in [0.1, 0.15) is 11.3 Å². The lowest BCUT2D eigenvalue weighted by Crippen LogP contribution is -2.11. The van der Waals surface area contributed by atoms with E-state index in [1.807, 2.05) is 18.2 Å². The number of rotatable bonds is 7. The molecule has 0 amide bonds. The summed E-state index contributed by atoms with van der Waals surface area (Å²) in [6, 6.07) is 76.0. The van der Waals surface area contributed by atoms with Crippen LogP contribution >= 0.6 is 0 Å². The zero-order valence-corrected chi connectivity index (χ0v) is 29.6. The van der Waals surface area contributed by atoms with E-state index in [1.54, 1.807) is 0 Å². The lowest BCUT2D eigenvalue weighted by molar-refractivity contribution is 0.631. The molecule has 254 valence electrons. The van der Waals surface area contributed by atoms with Crippen LogP contribution < -0.4 is 4.90 Å². The second-order valence-corrected chi connectivity index (χ2v) is 13.8. The summed E-state index contributed by atoms with van der Waals surface area (Å²) < 4.78 is 6.20. The van der Waals surface area contributed by atoms with Gasteiger partial charge in [0.2, 0.25) is 0 Å². The first-order valence-corrected chi connectivity index (χ1v) is 18.4. The molecule has 0 atom stereocenters. The van der Waals surface area contributed by atoms with Crippen LogP contribution in [0.4, 0.5) is 17.1 Å². The quantitative estimate of drug-likeness (QED) is 0.166. The molecule has 54 heavy (non-hydrogen) atoms. The molecule has 1 heterocycles. The number of fused-ring (bicyclic) bond motifs is 3. The largest absolute Gasteiger partial charge is 0.456 e. The Hall–Kier alpha value is -7.16. The van der Waals surface area contributed by atoms with E-state index in [1.165, 1.54) is 49.4 Å². The Morgan fingerprint density at radius 1 is 0.296 bits per heavy atom. The first kappa shape index (κ1) is 31.6. The SMILES string of the molecule is c1ccc(-c2ccc(-c3ccccc3N(c3ccc4ccccc4c3)c3ccc4cc(-c5cccc(-c6cc7ccccc7o6)c5)ccc4c3)cc2)cc1. The minimum absolute atomic E-state index is 0.879. The standard InChI is InChI=1S/C52H35NO/c1-2-11-36(12-3-1)38-21-23-39(24-22-38)49-18-7-8-19-50(49)53(47-29-27-37-13-4-5-14-41(37)33-47)48-30-28-43-31-42(25-26-44(43)34-48)40-16-10-17-45(32-40)52-35-46-15-6-9-20-51(46)54-52/h1-35H. The summed E-state index contributed by atoms with van der Waals surface area (Å²) in [6.45, 7) is 0. The van der Waals surface area contributed by atoms with Gasteiger partial charge in [0.15, 0.2) is 0 Å². The molecule has 2 heteroatoms. The monoisotopic (exact) mass is 689 g/mol. The summed E-state index contributed by atoms with van der Waals surface area (Å²) in [6.07, 6.45) is 0. The van der Waals surface area contributed by atoms with E-state index in [0.717, 1.165) is 44.9 Å². The molecule has 0 fully saturated rings. The minimum atomic E-state index is 0.879. The van der Waals surface area contributed by atoms with Crippen LogP contribution in [0.3, 0.4) is 0 Å². The van der Waals surface area contributed by atoms with Crippen LogP contribution in [0.2, 0.25) is 0 Å². The summed E-state index contributed by atoms with van der Waals surface area (Å²) in [5.41, 5.74) is 12.4. The van der Waals surface area contributed by atoms with Crippen molar-refractivity contribution < 1.29 is 4.42 Å². The Labute approximate surface area is 314 Å². The van der Waals surface area contributed by atoms with E-state index in [4.69, 9.17) is 4.42 Å². The van der Waals surface area contributed by atoms with Crippen molar-refractivity contribution in [3.8, 4) is 44.7 Å². The van der Waals surface area contributed by atoms with Gasteiger partial charge in [0.25, 0.3) is 0 Å². The minimum Gasteiger partial charge on any atom is -0.456 e. The zero-order chi connectivity index (χ0) is 35.8. The highest BCUT2D eigenvalue weighted by Crippen LogP contribution is 2.43. The third-order valence-electron chi connectivity index (χ3n) is 10.4. The van der Waals surface area contributed by atoms with Crippen molar-refractivity contribution in [2.45, 2.75) is 0 Å². The average Bonchev–Trinajstić information content (AvgIpc) is 3.69. The van der Waals surface area contributed by atoms with Gasteiger partial charge in [-0.25, -0.2) is 0 Å². The first-order chi connectivity index (χ1) is 26.7. The number of para-hydroxylation sites is 2. The lowest BCUT2D eigenvalue weighted by atomic mass is 9.97. The van der Waals surface area contributed by atoms with Crippen molar-refractivity contribution in [3.63, 3.8) is 0 Å². The molecule has 10 aromatic rings. The van der Waals surface area contributed by atoms with Crippen LogP contribution in [-0.2, 0) is 0 Å². The Morgan fingerprint density at radius 3 is 1.65 bits per heavy atom. The number of hydrogen-bond donors (Lipinski definition) is 0. The van der Waals surface area contributed by atoms with E-state index >= 15 is 0 Å². The fourth-order valence-corrected chi connectivity index (χ4v) is 7.66. The van der Waals surface area contributed by atoms with Gasteiger partial charge in [-0.2, -0.15) is 0 Å². The van der Waals surface area contributed by atoms with E-state index in [9.17, 15) is 0 Å². The molecule has 0 unspecified atom stereocenters. The molecule has 10 rings (SSSR count). The van der Waals surface area contributed by atoms with Crippen LogP contribution in [0, 0.1) is 0 Å². The summed E-state index contributed by atoms with van der Waals surface area (Å²) in [4.78, 5) is 2.40. The van der Waals surface area contributed by atoms with Crippen LogP contribution in [0.5, 0.6) is 0 Å². The molecule has 0 aliphatic rings. The molecule has 1 aromatic heterocycles. The zero-order valence-electron chi connectivity index (χ0n) is 29.6. The Bertz CT molecular complexity index is 2910. The summed E-state index contributed by atoms with van der Waals surface area (Å²) in [7, 11) is 0. The molecule has 2 nitrogen and oxygen atoms in total. The maximum atomic E-state index is 6.20.